The van der Waals surface area contributed by atoms with E-state index in [0.717, 1.165) is 29.6 Å². The van der Waals surface area contributed by atoms with E-state index in [0.29, 0.717) is 31.1 Å². The third-order valence-corrected chi connectivity index (χ3v) is 6.11. The normalized spacial score (nSPS) is 15.4. The average molecular weight is 464 g/mol. The Morgan fingerprint density at radius 3 is 2.56 bits per heavy atom. The summed E-state index contributed by atoms with van der Waals surface area (Å²) in [4.78, 5) is 25.1. The fraction of sp³-hybridized carbons (Fsp3) is 0.423. The molecule has 0 aliphatic carbocycles. The van der Waals surface area contributed by atoms with Crippen molar-refractivity contribution in [2.24, 2.45) is 0 Å². The number of carbonyl (C=O) groups excluding carboxylic acids is 1. The van der Waals surface area contributed by atoms with Gasteiger partial charge in [-0.25, -0.2) is 9.97 Å². The topological polar surface area (TPSA) is 79.8 Å². The highest BCUT2D eigenvalue weighted by molar-refractivity contribution is 5.91. The highest BCUT2D eigenvalue weighted by atomic mass is 16.5. The molecule has 1 aliphatic heterocycles. The maximum atomic E-state index is 12.4. The van der Waals surface area contributed by atoms with Crippen molar-refractivity contribution in [2.45, 2.75) is 31.9 Å². The number of nitrogens with zero attached hydrogens (tertiary/aromatic N) is 4. The molecule has 8 nitrogen and oxygen atoms in total. The zero-order chi connectivity index (χ0) is 24.1. The van der Waals surface area contributed by atoms with E-state index in [-0.39, 0.29) is 18.1 Å². The number of methoxy groups -OCH3 is 1. The van der Waals surface area contributed by atoms with E-state index in [1.54, 1.807) is 13.4 Å². The van der Waals surface area contributed by atoms with Crippen molar-refractivity contribution < 1.29 is 14.3 Å². The van der Waals surface area contributed by atoms with Gasteiger partial charge in [0.25, 0.3) is 0 Å². The second kappa shape index (κ2) is 10.7. The Morgan fingerprint density at radius 2 is 1.88 bits per heavy atom. The first-order valence-electron chi connectivity index (χ1n) is 11.7. The van der Waals surface area contributed by atoms with Gasteiger partial charge in [-0.1, -0.05) is 30.3 Å². The number of likely N-dealkylation sites (N-methyl/N-ethyl adjacent to an activating group) is 1. The van der Waals surface area contributed by atoms with E-state index in [2.05, 4.69) is 34.3 Å². The summed E-state index contributed by atoms with van der Waals surface area (Å²) in [5, 5.41) is 4.38. The van der Waals surface area contributed by atoms with E-state index in [1.165, 1.54) is 5.56 Å². The van der Waals surface area contributed by atoms with Crippen LogP contribution in [0.4, 0.5) is 5.82 Å². The summed E-state index contributed by atoms with van der Waals surface area (Å²) in [5.41, 5.74) is 1.96. The Balaban J connectivity index is 1.51. The summed E-state index contributed by atoms with van der Waals surface area (Å²) in [6, 6.07) is 14.2. The number of fused-ring (bicyclic) bond motifs is 1. The minimum atomic E-state index is 0.0130. The molecule has 1 saturated heterocycles. The Hall–Kier alpha value is -3.39. The average Bonchev–Trinajstić information content (AvgIpc) is 2.84. The maximum Gasteiger partial charge on any atom is 0.236 e. The molecule has 0 saturated carbocycles. The highest BCUT2D eigenvalue weighted by Gasteiger charge is 2.25. The van der Waals surface area contributed by atoms with E-state index < -0.39 is 0 Å². The van der Waals surface area contributed by atoms with E-state index in [1.807, 2.05) is 54.2 Å². The third-order valence-electron chi connectivity index (χ3n) is 6.11. The van der Waals surface area contributed by atoms with Crippen LogP contribution in [0.1, 0.15) is 31.4 Å². The summed E-state index contributed by atoms with van der Waals surface area (Å²) in [6.45, 7) is 3.92. The zero-order valence-electron chi connectivity index (χ0n) is 20.3. The summed E-state index contributed by atoms with van der Waals surface area (Å²) in [7, 11) is 5.45. The SMILES string of the molecule is COc1cc2ncnc(N[C@H](C)c3ccccc3)c2cc1OC1CCN(C(=O)CN(C)C)CC1. The highest BCUT2D eigenvalue weighted by Crippen LogP contribution is 2.36. The first-order valence-corrected chi connectivity index (χ1v) is 11.7. The van der Waals surface area contributed by atoms with Crippen LogP contribution in [0.2, 0.25) is 0 Å². The second-order valence-electron chi connectivity index (χ2n) is 8.95. The monoisotopic (exact) mass is 463 g/mol. The number of aromatic nitrogens is 2. The van der Waals surface area contributed by atoms with Gasteiger partial charge in [0, 0.05) is 43.4 Å². The van der Waals surface area contributed by atoms with Gasteiger partial charge in [-0.3, -0.25) is 4.79 Å². The van der Waals surface area contributed by atoms with Crippen molar-refractivity contribution in [3.63, 3.8) is 0 Å². The molecule has 1 fully saturated rings. The summed E-state index contributed by atoms with van der Waals surface area (Å²) in [5.74, 6) is 2.21. The molecule has 2 heterocycles. The van der Waals surface area contributed by atoms with Crippen molar-refractivity contribution in [3.8, 4) is 11.5 Å². The molecule has 0 unspecified atom stereocenters. The van der Waals surface area contributed by atoms with Crippen LogP contribution >= 0.6 is 0 Å². The van der Waals surface area contributed by atoms with Gasteiger partial charge in [-0.05, 0) is 32.6 Å². The first-order chi connectivity index (χ1) is 16.4. The fourth-order valence-corrected chi connectivity index (χ4v) is 4.23. The first kappa shape index (κ1) is 23.8. The van der Waals surface area contributed by atoms with Gasteiger partial charge in [0.2, 0.25) is 5.91 Å². The van der Waals surface area contributed by atoms with E-state index in [9.17, 15) is 4.79 Å². The standard InChI is InChI=1S/C26H33N5O3/c1-18(19-8-6-5-7-9-19)29-26-21-14-24(23(33-4)15-22(21)27-17-28-26)34-20-10-12-31(13-11-20)25(32)16-30(2)3/h5-9,14-15,17-18,20H,10-13,16H2,1-4H3,(H,27,28,29)/t18-/m1/s1. The number of piperidine rings is 1. The van der Waals surface area contributed by atoms with Crippen molar-refractivity contribution in [2.75, 3.05) is 46.2 Å². The van der Waals surface area contributed by atoms with Crippen LogP contribution in [0.15, 0.2) is 48.8 Å². The number of anilines is 1. The van der Waals surface area contributed by atoms with Crippen molar-refractivity contribution in [1.82, 2.24) is 19.8 Å². The Bertz CT molecular complexity index is 1110. The zero-order valence-corrected chi connectivity index (χ0v) is 20.3. The molecule has 1 N–H and O–H groups in total. The maximum absolute atomic E-state index is 12.4. The number of nitrogens with one attached hydrogen (secondary N) is 1. The molecule has 1 atom stereocenters. The van der Waals surface area contributed by atoms with Crippen LogP contribution in [0.3, 0.4) is 0 Å². The van der Waals surface area contributed by atoms with Crippen molar-refractivity contribution >= 4 is 22.6 Å². The number of benzene rings is 2. The second-order valence-corrected chi connectivity index (χ2v) is 8.95. The molecule has 180 valence electrons. The lowest BCUT2D eigenvalue weighted by Crippen LogP contribution is -2.45. The molecule has 2 aromatic carbocycles. The largest absolute Gasteiger partial charge is 0.493 e. The molecular formula is C26H33N5O3. The fourth-order valence-electron chi connectivity index (χ4n) is 4.23. The van der Waals surface area contributed by atoms with Crippen LogP contribution < -0.4 is 14.8 Å². The molecular weight excluding hydrogens is 430 g/mol. The van der Waals surface area contributed by atoms with Crippen LogP contribution in [0, 0.1) is 0 Å². The van der Waals surface area contributed by atoms with Crippen LogP contribution in [-0.4, -0.2) is 72.6 Å². The Labute approximate surface area is 200 Å². The molecule has 0 radical (unpaired) electrons. The lowest BCUT2D eigenvalue weighted by Gasteiger charge is -2.33. The van der Waals surface area contributed by atoms with Crippen LogP contribution in [-0.2, 0) is 4.79 Å². The lowest BCUT2D eigenvalue weighted by atomic mass is 10.1. The van der Waals surface area contributed by atoms with E-state index in [4.69, 9.17) is 9.47 Å². The molecule has 8 heteroatoms. The smallest absolute Gasteiger partial charge is 0.236 e. The predicted molar refractivity (Wildman–Crippen MR) is 133 cm³/mol. The van der Waals surface area contributed by atoms with Gasteiger partial charge in [0.1, 0.15) is 18.2 Å². The Kier molecular flexibility index (Phi) is 7.47. The van der Waals surface area contributed by atoms with Gasteiger partial charge in [0.05, 0.1) is 19.2 Å². The van der Waals surface area contributed by atoms with Gasteiger partial charge in [-0.2, -0.15) is 0 Å². The molecule has 0 spiro atoms. The number of rotatable bonds is 8. The van der Waals surface area contributed by atoms with Gasteiger partial charge in [-0.15, -0.1) is 0 Å². The minimum absolute atomic E-state index is 0.0130. The number of ether oxygens (including phenoxy) is 2. The van der Waals surface area contributed by atoms with Gasteiger partial charge < -0.3 is 24.6 Å². The number of carbonyl (C=O) groups is 1. The number of hydrogen-bond donors (Lipinski definition) is 1. The summed E-state index contributed by atoms with van der Waals surface area (Å²) < 4.78 is 12.0. The number of amides is 1. The van der Waals surface area contributed by atoms with Crippen molar-refractivity contribution in [3.05, 3.63) is 54.4 Å². The number of likely N-dealkylation sites (tertiary alicyclic amines) is 1. The van der Waals surface area contributed by atoms with E-state index >= 15 is 0 Å². The minimum Gasteiger partial charge on any atom is -0.493 e. The van der Waals surface area contributed by atoms with Gasteiger partial charge >= 0.3 is 0 Å². The molecule has 3 aromatic rings. The summed E-state index contributed by atoms with van der Waals surface area (Å²) in [6.07, 6.45) is 3.13. The van der Waals surface area contributed by atoms with Crippen LogP contribution in [0.25, 0.3) is 10.9 Å². The molecule has 1 aromatic heterocycles. The molecule has 1 amide bonds. The van der Waals surface area contributed by atoms with Crippen molar-refractivity contribution in [1.29, 1.82) is 0 Å². The molecule has 1 aliphatic rings. The molecule has 34 heavy (non-hydrogen) atoms. The number of hydrogen-bond acceptors (Lipinski definition) is 7. The molecule has 0 bridgehead atoms. The predicted octanol–water partition coefficient (Wildman–Crippen LogP) is 3.74. The third kappa shape index (κ3) is 5.56. The van der Waals surface area contributed by atoms with Crippen LogP contribution in [0.5, 0.6) is 11.5 Å². The Morgan fingerprint density at radius 1 is 1.15 bits per heavy atom. The molecule has 4 rings (SSSR count). The summed E-state index contributed by atoms with van der Waals surface area (Å²) >= 11 is 0. The lowest BCUT2D eigenvalue weighted by molar-refractivity contribution is -0.133. The van der Waals surface area contributed by atoms with Gasteiger partial charge in [0.15, 0.2) is 11.5 Å². The quantitative estimate of drug-likeness (QED) is 0.545.